The molecule has 6 nitrogen and oxygen atoms in total. The molecule has 19 heavy (non-hydrogen) atoms. The van der Waals surface area contributed by atoms with Gasteiger partial charge in [-0.1, -0.05) is 23.9 Å². The van der Waals surface area contributed by atoms with Crippen molar-refractivity contribution in [1.82, 2.24) is 15.2 Å². The number of amides is 1. The van der Waals surface area contributed by atoms with Crippen molar-refractivity contribution < 1.29 is 4.79 Å². The minimum Gasteiger partial charge on any atom is -0.368 e. The third kappa shape index (κ3) is 3.72. The van der Waals surface area contributed by atoms with Crippen LogP contribution in [-0.2, 0) is 4.79 Å². The van der Waals surface area contributed by atoms with Crippen molar-refractivity contribution >= 4 is 29.3 Å². The molecule has 2 aromatic rings. The standard InChI is InChI=1S/C12H15N5OS/c1-7-4-3-5-9(6-7)14-10(18)8(2)19-12-15-11(13)16-17-12/h3-6,8H,1-2H3,(H,14,18)(H3,13,15,16,17)/t8-/m0/s1. The van der Waals surface area contributed by atoms with Crippen molar-refractivity contribution in [2.75, 3.05) is 11.1 Å². The Morgan fingerprint density at radius 1 is 1.53 bits per heavy atom. The summed E-state index contributed by atoms with van der Waals surface area (Å²) in [5.41, 5.74) is 7.31. The molecule has 1 amide bonds. The van der Waals surface area contributed by atoms with E-state index in [2.05, 4.69) is 20.5 Å². The molecule has 0 aliphatic carbocycles. The molecule has 0 spiro atoms. The van der Waals surface area contributed by atoms with Gasteiger partial charge in [-0.25, -0.2) is 5.10 Å². The Morgan fingerprint density at radius 2 is 2.32 bits per heavy atom. The van der Waals surface area contributed by atoms with Crippen molar-refractivity contribution in [3.63, 3.8) is 0 Å². The summed E-state index contributed by atoms with van der Waals surface area (Å²) in [5.74, 6) is 0.146. The number of nitrogens with zero attached hydrogens (tertiary/aromatic N) is 2. The van der Waals surface area contributed by atoms with E-state index in [1.165, 1.54) is 11.8 Å². The molecular formula is C12H15N5OS. The molecule has 1 atom stereocenters. The van der Waals surface area contributed by atoms with Crippen LogP contribution in [0.1, 0.15) is 12.5 Å². The van der Waals surface area contributed by atoms with Gasteiger partial charge in [-0.05, 0) is 31.5 Å². The van der Waals surface area contributed by atoms with Crippen molar-refractivity contribution in [1.29, 1.82) is 0 Å². The summed E-state index contributed by atoms with van der Waals surface area (Å²) < 4.78 is 0. The molecule has 1 heterocycles. The number of carbonyl (C=O) groups is 1. The number of aryl methyl sites for hydroxylation is 1. The summed E-state index contributed by atoms with van der Waals surface area (Å²) in [6.07, 6.45) is 0. The van der Waals surface area contributed by atoms with Gasteiger partial charge < -0.3 is 11.1 Å². The number of nitrogen functional groups attached to an aromatic ring is 1. The highest BCUT2D eigenvalue weighted by Crippen LogP contribution is 2.21. The summed E-state index contributed by atoms with van der Waals surface area (Å²) in [6.45, 7) is 3.77. The number of anilines is 2. The van der Waals surface area contributed by atoms with E-state index >= 15 is 0 Å². The maximum atomic E-state index is 12.0. The molecule has 2 rings (SSSR count). The van der Waals surface area contributed by atoms with Gasteiger partial charge in [-0.15, -0.1) is 5.10 Å². The normalized spacial score (nSPS) is 12.1. The average Bonchev–Trinajstić information content (AvgIpc) is 2.74. The first-order chi connectivity index (χ1) is 9.04. The van der Waals surface area contributed by atoms with E-state index in [9.17, 15) is 4.79 Å². The molecule has 1 aromatic heterocycles. The fourth-order valence-electron chi connectivity index (χ4n) is 1.49. The number of hydrogen-bond donors (Lipinski definition) is 3. The van der Waals surface area contributed by atoms with Crippen LogP contribution in [0.25, 0.3) is 0 Å². The number of hydrogen-bond acceptors (Lipinski definition) is 5. The highest BCUT2D eigenvalue weighted by molar-refractivity contribution is 8.00. The Labute approximate surface area is 115 Å². The predicted molar refractivity (Wildman–Crippen MR) is 75.9 cm³/mol. The zero-order valence-corrected chi connectivity index (χ0v) is 11.5. The lowest BCUT2D eigenvalue weighted by molar-refractivity contribution is -0.115. The summed E-state index contributed by atoms with van der Waals surface area (Å²) in [5, 5.41) is 9.42. The van der Waals surface area contributed by atoms with E-state index in [1.54, 1.807) is 6.92 Å². The van der Waals surface area contributed by atoms with Gasteiger partial charge in [-0.3, -0.25) is 4.79 Å². The Kier molecular flexibility index (Phi) is 4.06. The lowest BCUT2D eigenvalue weighted by Gasteiger charge is -2.10. The Balaban J connectivity index is 1.96. The summed E-state index contributed by atoms with van der Waals surface area (Å²) in [4.78, 5) is 16.0. The minimum absolute atomic E-state index is 0.0982. The van der Waals surface area contributed by atoms with E-state index in [-0.39, 0.29) is 17.1 Å². The van der Waals surface area contributed by atoms with Crippen LogP contribution in [0.15, 0.2) is 29.4 Å². The lowest BCUT2D eigenvalue weighted by atomic mass is 10.2. The number of nitrogens with one attached hydrogen (secondary N) is 2. The second-order valence-corrected chi connectivity index (χ2v) is 5.43. The molecule has 0 aliphatic rings. The number of carbonyl (C=O) groups excluding carboxylic acids is 1. The molecule has 0 unspecified atom stereocenters. The molecule has 1 aromatic carbocycles. The summed E-state index contributed by atoms with van der Waals surface area (Å²) in [6, 6.07) is 7.65. The molecular weight excluding hydrogens is 262 g/mol. The van der Waals surface area contributed by atoms with Gasteiger partial charge in [0.25, 0.3) is 0 Å². The van der Waals surface area contributed by atoms with E-state index in [1.807, 2.05) is 31.2 Å². The topological polar surface area (TPSA) is 96.7 Å². The van der Waals surface area contributed by atoms with Gasteiger partial charge in [0.15, 0.2) is 0 Å². The Hall–Kier alpha value is -2.02. The van der Waals surface area contributed by atoms with Gasteiger partial charge in [0.1, 0.15) is 0 Å². The number of thioether (sulfide) groups is 1. The van der Waals surface area contributed by atoms with Gasteiger partial charge in [0.2, 0.25) is 17.0 Å². The summed E-state index contributed by atoms with van der Waals surface area (Å²) in [7, 11) is 0. The molecule has 0 radical (unpaired) electrons. The maximum absolute atomic E-state index is 12.0. The number of benzene rings is 1. The first-order valence-electron chi connectivity index (χ1n) is 5.76. The molecule has 0 saturated heterocycles. The lowest BCUT2D eigenvalue weighted by Crippen LogP contribution is -2.22. The fraction of sp³-hybridized carbons (Fsp3) is 0.250. The van der Waals surface area contributed by atoms with E-state index in [0.717, 1.165) is 11.3 Å². The van der Waals surface area contributed by atoms with Crippen molar-refractivity contribution in [2.45, 2.75) is 24.3 Å². The van der Waals surface area contributed by atoms with Crippen molar-refractivity contribution in [2.24, 2.45) is 0 Å². The molecule has 4 N–H and O–H groups in total. The first-order valence-corrected chi connectivity index (χ1v) is 6.64. The third-order valence-electron chi connectivity index (χ3n) is 2.42. The number of aromatic amines is 1. The highest BCUT2D eigenvalue weighted by atomic mass is 32.2. The SMILES string of the molecule is Cc1cccc(NC(=O)[C@H](C)Sc2n[nH]c(N)n2)c1. The van der Waals surface area contributed by atoms with Crippen LogP contribution < -0.4 is 11.1 Å². The van der Waals surface area contributed by atoms with Gasteiger partial charge in [0.05, 0.1) is 5.25 Å². The number of H-pyrrole nitrogens is 1. The van der Waals surface area contributed by atoms with Crippen LogP contribution in [0.2, 0.25) is 0 Å². The minimum atomic E-state index is -0.310. The predicted octanol–water partition coefficient (Wildman–Crippen LogP) is 1.81. The summed E-state index contributed by atoms with van der Waals surface area (Å²) >= 11 is 1.25. The van der Waals surface area contributed by atoms with Crippen LogP contribution in [0.5, 0.6) is 0 Å². The van der Waals surface area contributed by atoms with Crippen LogP contribution >= 0.6 is 11.8 Å². The van der Waals surface area contributed by atoms with Crippen molar-refractivity contribution in [3.05, 3.63) is 29.8 Å². The first kappa shape index (κ1) is 13.4. The van der Waals surface area contributed by atoms with E-state index in [4.69, 9.17) is 5.73 Å². The van der Waals surface area contributed by atoms with E-state index < -0.39 is 0 Å². The molecule has 7 heteroatoms. The quantitative estimate of drug-likeness (QED) is 0.741. The number of nitrogens with two attached hydrogens (primary N) is 1. The molecule has 0 bridgehead atoms. The number of rotatable bonds is 4. The molecule has 0 aliphatic heterocycles. The maximum Gasteiger partial charge on any atom is 0.237 e. The monoisotopic (exact) mass is 277 g/mol. The Morgan fingerprint density at radius 3 is 2.95 bits per heavy atom. The smallest absolute Gasteiger partial charge is 0.237 e. The molecule has 0 fully saturated rings. The third-order valence-corrected chi connectivity index (χ3v) is 3.38. The Bertz CT molecular complexity index is 583. The number of aromatic nitrogens is 3. The van der Waals surface area contributed by atoms with Gasteiger partial charge in [-0.2, -0.15) is 4.98 Å². The van der Waals surface area contributed by atoms with Crippen LogP contribution in [-0.4, -0.2) is 26.3 Å². The highest BCUT2D eigenvalue weighted by Gasteiger charge is 2.16. The fourth-order valence-corrected chi connectivity index (χ4v) is 2.22. The van der Waals surface area contributed by atoms with Crippen LogP contribution in [0.3, 0.4) is 0 Å². The second-order valence-electron chi connectivity index (χ2n) is 4.12. The molecule has 0 saturated carbocycles. The van der Waals surface area contributed by atoms with Crippen LogP contribution in [0.4, 0.5) is 11.6 Å². The van der Waals surface area contributed by atoms with Crippen LogP contribution in [0, 0.1) is 6.92 Å². The zero-order valence-electron chi connectivity index (χ0n) is 10.7. The second kappa shape index (κ2) is 5.75. The van der Waals surface area contributed by atoms with E-state index in [0.29, 0.717) is 5.16 Å². The van der Waals surface area contributed by atoms with Crippen molar-refractivity contribution in [3.8, 4) is 0 Å². The van der Waals surface area contributed by atoms with Gasteiger partial charge in [0, 0.05) is 5.69 Å². The molecule has 100 valence electrons. The van der Waals surface area contributed by atoms with Gasteiger partial charge >= 0.3 is 0 Å². The zero-order chi connectivity index (χ0) is 13.8. The largest absolute Gasteiger partial charge is 0.368 e. The average molecular weight is 277 g/mol.